The molecular weight excluding hydrogens is 419 g/mol. The molecule has 0 atom stereocenters. The Morgan fingerprint density at radius 1 is 0.939 bits per heavy atom. The number of halogens is 1. The van der Waals surface area contributed by atoms with Gasteiger partial charge in [0.1, 0.15) is 18.0 Å². The van der Waals surface area contributed by atoms with Crippen LogP contribution in [-0.4, -0.2) is 56.5 Å². The highest BCUT2D eigenvalue weighted by Crippen LogP contribution is 2.22. The molecule has 2 aromatic heterocycles. The molecule has 0 aliphatic carbocycles. The summed E-state index contributed by atoms with van der Waals surface area (Å²) in [5, 5.41) is 0. The zero-order chi connectivity index (χ0) is 22.6. The van der Waals surface area contributed by atoms with Crippen molar-refractivity contribution in [3.05, 3.63) is 96.6 Å². The molecule has 8 heteroatoms. The number of aromatic nitrogens is 4. The van der Waals surface area contributed by atoms with Gasteiger partial charge in [-0.05, 0) is 42.0 Å². The number of imidazole rings is 1. The van der Waals surface area contributed by atoms with E-state index >= 15 is 0 Å². The van der Waals surface area contributed by atoms with E-state index in [2.05, 4.69) is 19.9 Å². The van der Waals surface area contributed by atoms with E-state index in [9.17, 15) is 9.18 Å². The van der Waals surface area contributed by atoms with E-state index in [0.29, 0.717) is 31.7 Å². The second-order valence-electron chi connectivity index (χ2n) is 7.98. The maximum Gasteiger partial charge on any atom is 0.253 e. The van der Waals surface area contributed by atoms with Crippen LogP contribution in [0.1, 0.15) is 15.9 Å². The number of piperazine rings is 1. The Kier molecular flexibility index (Phi) is 5.80. The van der Waals surface area contributed by atoms with Crippen LogP contribution >= 0.6 is 0 Å². The Morgan fingerprint density at radius 2 is 1.70 bits per heavy atom. The molecule has 5 rings (SSSR count). The first-order valence-corrected chi connectivity index (χ1v) is 10.8. The molecule has 0 radical (unpaired) electrons. The molecule has 1 saturated heterocycles. The average Bonchev–Trinajstić information content (AvgIpc) is 3.38. The Morgan fingerprint density at radius 3 is 2.39 bits per heavy atom. The maximum atomic E-state index is 13.2. The summed E-state index contributed by atoms with van der Waals surface area (Å²) in [4.78, 5) is 29.8. The molecule has 7 nitrogen and oxygen atoms in total. The van der Waals surface area contributed by atoms with Gasteiger partial charge in [0.05, 0.1) is 12.0 Å². The molecule has 33 heavy (non-hydrogen) atoms. The average molecular weight is 442 g/mol. The van der Waals surface area contributed by atoms with Crippen molar-refractivity contribution in [2.75, 3.05) is 31.1 Å². The van der Waals surface area contributed by atoms with Gasteiger partial charge in [-0.15, -0.1) is 0 Å². The highest BCUT2D eigenvalue weighted by atomic mass is 19.1. The summed E-state index contributed by atoms with van der Waals surface area (Å²) in [6.07, 6.45) is 6.97. The second-order valence-corrected chi connectivity index (χ2v) is 7.98. The molecule has 1 amide bonds. The lowest BCUT2D eigenvalue weighted by molar-refractivity contribution is 0.0746. The normalized spacial score (nSPS) is 13.8. The van der Waals surface area contributed by atoms with Gasteiger partial charge in [-0.1, -0.05) is 12.1 Å². The SMILES string of the molecule is O=C(c1ccc(Cn2ccnc2)cc1)N1CCN(c2cc(-c3ccc(F)cc3)ncn2)CC1. The lowest BCUT2D eigenvalue weighted by Gasteiger charge is -2.35. The summed E-state index contributed by atoms with van der Waals surface area (Å²) in [6.45, 7) is 3.33. The van der Waals surface area contributed by atoms with Crippen molar-refractivity contribution in [2.24, 2.45) is 0 Å². The Labute approximate surface area is 191 Å². The van der Waals surface area contributed by atoms with Crippen LogP contribution in [0, 0.1) is 5.82 Å². The van der Waals surface area contributed by atoms with Gasteiger partial charge in [0.2, 0.25) is 0 Å². The highest BCUT2D eigenvalue weighted by molar-refractivity contribution is 5.94. The monoisotopic (exact) mass is 442 g/mol. The summed E-state index contributed by atoms with van der Waals surface area (Å²) in [5.74, 6) is 0.570. The minimum Gasteiger partial charge on any atom is -0.353 e. The van der Waals surface area contributed by atoms with Crippen molar-refractivity contribution in [3.63, 3.8) is 0 Å². The van der Waals surface area contributed by atoms with E-state index in [1.165, 1.54) is 18.5 Å². The van der Waals surface area contributed by atoms with Crippen molar-refractivity contribution in [1.29, 1.82) is 0 Å². The van der Waals surface area contributed by atoms with Crippen LogP contribution < -0.4 is 4.90 Å². The molecule has 0 bridgehead atoms. The van der Waals surface area contributed by atoms with E-state index in [-0.39, 0.29) is 11.7 Å². The quantitative estimate of drug-likeness (QED) is 0.473. The fourth-order valence-corrected chi connectivity index (χ4v) is 3.96. The summed E-state index contributed by atoms with van der Waals surface area (Å²) < 4.78 is 15.2. The van der Waals surface area contributed by atoms with Crippen molar-refractivity contribution < 1.29 is 9.18 Å². The van der Waals surface area contributed by atoms with Crippen LogP contribution in [-0.2, 0) is 6.54 Å². The van der Waals surface area contributed by atoms with Gasteiger partial charge in [0.25, 0.3) is 5.91 Å². The minimum absolute atomic E-state index is 0.0403. The van der Waals surface area contributed by atoms with Crippen molar-refractivity contribution in [2.45, 2.75) is 6.54 Å². The lowest BCUT2D eigenvalue weighted by Crippen LogP contribution is -2.49. The van der Waals surface area contributed by atoms with Crippen molar-refractivity contribution >= 4 is 11.7 Å². The van der Waals surface area contributed by atoms with Gasteiger partial charge in [-0.3, -0.25) is 4.79 Å². The number of anilines is 1. The number of amides is 1. The topological polar surface area (TPSA) is 67.2 Å². The zero-order valence-corrected chi connectivity index (χ0v) is 18.0. The van der Waals surface area contributed by atoms with E-state index in [4.69, 9.17) is 0 Å². The van der Waals surface area contributed by atoms with E-state index in [0.717, 1.165) is 29.2 Å². The number of benzene rings is 2. The van der Waals surface area contributed by atoms with Gasteiger partial charge in [0, 0.05) is 62.3 Å². The third kappa shape index (κ3) is 4.74. The van der Waals surface area contributed by atoms with Crippen LogP contribution in [0.5, 0.6) is 0 Å². The summed E-state index contributed by atoms with van der Waals surface area (Å²) >= 11 is 0. The lowest BCUT2D eigenvalue weighted by atomic mass is 10.1. The third-order valence-electron chi connectivity index (χ3n) is 5.81. The van der Waals surface area contributed by atoms with Crippen molar-refractivity contribution in [3.8, 4) is 11.3 Å². The van der Waals surface area contributed by atoms with Gasteiger partial charge in [-0.2, -0.15) is 0 Å². The van der Waals surface area contributed by atoms with Gasteiger partial charge >= 0.3 is 0 Å². The number of carbonyl (C=O) groups is 1. The fraction of sp³-hybridized carbons (Fsp3) is 0.200. The smallest absolute Gasteiger partial charge is 0.253 e. The van der Waals surface area contributed by atoms with Gasteiger partial charge in [0.15, 0.2) is 0 Å². The Balaban J connectivity index is 1.21. The maximum absolute atomic E-state index is 13.2. The molecule has 3 heterocycles. The van der Waals surface area contributed by atoms with E-state index in [1.54, 1.807) is 24.7 Å². The molecule has 0 unspecified atom stereocenters. The Hall–Kier alpha value is -4.07. The van der Waals surface area contributed by atoms with Gasteiger partial charge in [-0.25, -0.2) is 19.3 Å². The number of carbonyl (C=O) groups excluding carboxylic acids is 1. The first-order valence-electron chi connectivity index (χ1n) is 10.8. The Bertz CT molecular complexity index is 1220. The first-order chi connectivity index (χ1) is 16.2. The fourth-order valence-electron chi connectivity index (χ4n) is 3.96. The highest BCUT2D eigenvalue weighted by Gasteiger charge is 2.23. The van der Waals surface area contributed by atoms with Crippen LogP contribution in [0.25, 0.3) is 11.3 Å². The summed E-state index contributed by atoms with van der Waals surface area (Å²) in [7, 11) is 0. The second kappa shape index (κ2) is 9.20. The molecule has 1 aliphatic rings. The van der Waals surface area contributed by atoms with Crippen molar-refractivity contribution in [1.82, 2.24) is 24.4 Å². The predicted octanol–water partition coefficient (Wildman–Crippen LogP) is 3.49. The molecule has 2 aromatic carbocycles. The molecule has 1 fully saturated rings. The third-order valence-corrected chi connectivity index (χ3v) is 5.81. The summed E-state index contributed by atoms with van der Waals surface area (Å²) in [6, 6.07) is 15.9. The van der Waals surface area contributed by atoms with E-state index in [1.807, 2.05) is 46.0 Å². The molecule has 0 spiro atoms. The molecule has 166 valence electrons. The number of hydrogen-bond acceptors (Lipinski definition) is 5. The number of nitrogens with zero attached hydrogens (tertiary/aromatic N) is 6. The number of hydrogen-bond donors (Lipinski definition) is 0. The zero-order valence-electron chi connectivity index (χ0n) is 18.0. The largest absolute Gasteiger partial charge is 0.353 e. The standard InChI is InChI=1S/C25H23FN6O/c26-22-7-5-20(6-8-22)23-15-24(29-17-28-23)31-11-13-32(14-12-31)25(33)21-3-1-19(2-4-21)16-30-10-9-27-18-30/h1-10,15,17-18H,11-14,16H2. The molecule has 0 saturated carbocycles. The molecule has 0 N–H and O–H groups in total. The van der Waals surface area contributed by atoms with Gasteiger partial charge < -0.3 is 14.4 Å². The van der Waals surface area contributed by atoms with Crippen LogP contribution in [0.2, 0.25) is 0 Å². The molecular formula is C25H23FN6O. The first kappa shape index (κ1) is 20.8. The molecule has 1 aliphatic heterocycles. The van der Waals surface area contributed by atoms with Crippen LogP contribution in [0.15, 0.2) is 79.6 Å². The van der Waals surface area contributed by atoms with Crippen LogP contribution in [0.4, 0.5) is 10.2 Å². The number of rotatable bonds is 5. The minimum atomic E-state index is -0.276. The molecule has 4 aromatic rings. The predicted molar refractivity (Wildman–Crippen MR) is 123 cm³/mol. The van der Waals surface area contributed by atoms with Crippen LogP contribution in [0.3, 0.4) is 0 Å². The summed E-state index contributed by atoms with van der Waals surface area (Å²) in [5.41, 5.74) is 3.40. The van der Waals surface area contributed by atoms with E-state index < -0.39 is 0 Å².